The van der Waals surface area contributed by atoms with E-state index < -0.39 is 11.6 Å². The van der Waals surface area contributed by atoms with Gasteiger partial charge in [0.1, 0.15) is 5.75 Å². The summed E-state index contributed by atoms with van der Waals surface area (Å²) >= 11 is 0. The van der Waals surface area contributed by atoms with Crippen LogP contribution in [0.1, 0.15) is 57.0 Å². The average molecular weight is 465 g/mol. The van der Waals surface area contributed by atoms with Crippen molar-refractivity contribution >= 4 is 17.6 Å². The Morgan fingerprint density at radius 3 is 2.56 bits per heavy atom. The number of carbonyl (C=O) groups is 2. The number of likely N-dealkylation sites (tertiary alicyclic amines) is 1. The van der Waals surface area contributed by atoms with E-state index in [4.69, 9.17) is 10.5 Å². The van der Waals surface area contributed by atoms with Gasteiger partial charge in [0.15, 0.2) is 11.5 Å². The highest BCUT2D eigenvalue weighted by molar-refractivity contribution is 5.85. The van der Waals surface area contributed by atoms with Crippen molar-refractivity contribution in [1.29, 1.82) is 0 Å². The number of nitrogens with zero attached hydrogens (tertiary/aromatic N) is 4. The molecule has 9 nitrogen and oxygen atoms in total. The number of ether oxygens (including phenoxy) is 1. The van der Waals surface area contributed by atoms with Crippen molar-refractivity contribution in [3.05, 3.63) is 60.0 Å². The molecule has 0 spiro atoms. The standard InChI is InChI=1S/C25H32N6O3/c1-25(2,26)23(32)27-20(12-8-11-18-9-4-3-5-10-18)22-29-28-21-14-13-19(17-31(21)22)34-24(33)30-15-6-7-16-30/h3-5,9-10,13-14,17,20H,6-8,11-12,15-16,26H2,1-2H3,(H,27,32)/t20-/m1/s1. The molecule has 2 amide bonds. The first-order valence-corrected chi connectivity index (χ1v) is 11.8. The summed E-state index contributed by atoms with van der Waals surface area (Å²) in [5.74, 6) is 0.698. The first-order valence-electron chi connectivity index (χ1n) is 11.8. The largest absolute Gasteiger partial charge is 0.415 e. The summed E-state index contributed by atoms with van der Waals surface area (Å²) in [5.41, 5.74) is 6.83. The molecule has 3 aromatic rings. The molecule has 1 fully saturated rings. The minimum atomic E-state index is -1.03. The van der Waals surface area contributed by atoms with Gasteiger partial charge in [0.2, 0.25) is 5.91 Å². The molecule has 4 rings (SSSR count). The maximum Gasteiger partial charge on any atom is 0.415 e. The molecule has 1 aliphatic rings. The fraction of sp³-hybridized carbons (Fsp3) is 0.440. The number of aryl methyl sites for hydroxylation is 1. The van der Waals surface area contributed by atoms with Gasteiger partial charge >= 0.3 is 6.09 Å². The van der Waals surface area contributed by atoms with Gasteiger partial charge in [0.05, 0.1) is 17.8 Å². The third-order valence-electron chi connectivity index (χ3n) is 5.97. The number of hydrogen-bond donors (Lipinski definition) is 2. The maximum atomic E-state index is 12.7. The summed E-state index contributed by atoms with van der Waals surface area (Å²) in [4.78, 5) is 26.9. The highest BCUT2D eigenvalue weighted by Gasteiger charge is 2.28. The Morgan fingerprint density at radius 1 is 1.12 bits per heavy atom. The fourth-order valence-corrected chi connectivity index (χ4v) is 4.02. The summed E-state index contributed by atoms with van der Waals surface area (Å²) in [7, 11) is 0. The van der Waals surface area contributed by atoms with E-state index in [0.717, 1.165) is 25.7 Å². The van der Waals surface area contributed by atoms with E-state index in [9.17, 15) is 9.59 Å². The zero-order valence-corrected chi connectivity index (χ0v) is 19.7. The smallest absolute Gasteiger partial charge is 0.409 e. The van der Waals surface area contributed by atoms with Crippen molar-refractivity contribution < 1.29 is 14.3 Å². The number of benzene rings is 1. The first kappa shape index (κ1) is 23.7. The van der Waals surface area contributed by atoms with Crippen molar-refractivity contribution in [1.82, 2.24) is 24.8 Å². The number of rotatable bonds is 8. The summed E-state index contributed by atoms with van der Waals surface area (Å²) in [6.45, 7) is 4.76. The van der Waals surface area contributed by atoms with Crippen LogP contribution in [-0.4, -0.2) is 50.1 Å². The number of hydrogen-bond acceptors (Lipinski definition) is 6. The molecule has 0 radical (unpaired) electrons. The van der Waals surface area contributed by atoms with Crippen LogP contribution in [-0.2, 0) is 11.2 Å². The van der Waals surface area contributed by atoms with Crippen LogP contribution in [0.4, 0.5) is 4.79 Å². The van der Waals surface area contributed by atoms with Crippen molar-refractivity contribution in [2.75, 3.05) is 13.1 Å². The molecule has 3 heterocycles. The molecule has 0 saturated carbocycles. The Bertz CT molecular complexity index is 1130. The molecule has 180 valence electrons. The molecular weight excluding hydrogens is 432 g/mol. The predicted molar refractivity (Wildman–Crippen MR) is 128 cm³/mol. The van der Waals surface area contributed by atoms with E-state index in [0.29, 0.717) is 36.7 Å². The number of amides is 2. The molecule has 1 atom stereocenters. The molecule has 0 unspecified atom stereocenters. The third kappa shape index (κ3) is 5.72. The number of fused-ring (bicyclic) bond motifs is 1. The highest BCUT2D eigenvalue weighted by atomic mass is 16.6. The van der Waals surface area contributed by atoms with E-state index >= 15 is 0 Å². The van der Waals surface area contributed by atoms with Crippen LogP contribution in [0.5, 0.6) is 5.75 Å². The fourth-order valence-electron chi connectivity index (χ4n) is 4.02. The summed E-state index contributed by atoms with van der Waals surface area (Å²) in [6, 6.07) is 13.2. The monoisotopic (exact) mass is 464 g/mol. The molecular formula is C25H32N6O3. The van der Waals surface area contributed by atoms with Crippen molar-refractivity contribution in [3.8, 4) is 5.75 Å². The Morgan fingerprint density at radius 2 is 1.85 bits per heavy atom. The highest BCUT2D eigenvalue weighted by Crippen LogP contribution is 2.23. The van der Waals surface area contributed by atoms with Gasteiger partial charge < -0.3 is 20.7 Å². The van der Waals surface area contributed by atoms with Gasteiger partial charge in [-0.15, -0.1) is 10.2 Å². The zero-order valence-electron chi connectivity index (χ0n) is 19.7. The van der Waals surface area contributed by atoms with E-state index in [1.54, 1.807) is 41.5 Å². The topological polar surface area (TPSA) is 115 Å². The van der Waals surface area contributed by atoms with Gasteiger partial charge in [-0.3, -0.25) is 9.20 Å². The second-order valence-electron chi connectivity index (χ2n) is 9.34. The van der Waals surface area contributed by atoms with E-state index in [-0.39, 0.29) is 12.0 Å². The van der Waals surface area contributed by atoms with E-state index in [2.05, 4.69) is 27.6 Å². The normalized spacial score (nSPS) is 14.9. The SMILES string of the molecule is CC(C)(N)C(=O)N[C@H](CCCc1ccccc1)c1nnc2ccc(OC(=O)N3CCCC3)cn12. The first-order chi connectivity index (χ1) is 16.3. The van der Waals surface area contributed by atoms with Gasteiger partial charge in [-0.1, -0.05) is 30.3 Å². The average Bonchev–Trinajstić information content (AvgIpc) is 3.49. The number of nitrogens with two attached hydrogens (primary N) is 1. The van der Waals surface area contributed by atoms with E-state index in [1.165, 1.54) is 5.56 Å². The summed E-state index contributed by atoms with van der Waals surface area (Å²) in [5, 5.41) is 11.7. The van der Waals surface area contributed by atoms with Gasteiger partial charge in [0, 0.05) is 13.1 Å². The number of nitrogens with one attached hydrogen (secondary N) is 1. The van der Waals surface area contributed by atoms with Crippen LogP contribution in [0.3, 0.4) is 0 Å². The molecule has 3 N–H and O–H groups in total. The van der Waals surface area contributed by atoms with Crippen molar-refractivity contribution in [3.63, 3.8) is 0 Å². The van der Waals surface area contributed by atoms with Crippen LogP contribution in [0, 0.1) is 0 Å². The van der Waals surface area contributed by atoms with Crippen LogP contribution >= 0.6 is 0 Å². The zero-order chi connectivity index (χ0) is 24.1. The van der Waals surface area contributed by atoms with Gasteiger partial charge in [-0.05, 0) is 63.6 Å². The number of carbonyl (C=O) groups excluding carboxylic acids is 2. The lowest BCUT2D eigenvalue weighted by molar-refractivity contribution is -0.126. The second-order valence-corrected chi connectivity index (χ2v) is 9.34. The van der Waals surface area contributed by atoms with Gasteiger partial charge in [-0.2, -0.15) is 0 Å². The summed E-state index contributed by atoms with van der Waals surface area (Å²) < 4.78 is 7.36. The lowest BCUT2D eigenvalue weighted by atomic mass is 10.0. The van der Waals surface area contributed by atoms with Gasteiger partial charge in [0.25, 0.3) is 0 Å². The van der Waals surface area contributed by atoms with Crippen molar-refractivity contribution in [2.45, 2.75) is 57.5 Å². The Hall–Kier alpha value is -3.46. The Kier molecular flexibility index (Phi) is 7.12. The van der Waals surface area contributed by atoms with Crippen LogP contribution in [0.15, 0.2) is 48.7 Å². The van der Waals surface area contributed by atoms with Crippen LogP contribution < -0.4 is 15.8 Å². The molecule has 34 heavy (non-hydrogen) atoms. The lowest BCUT2D eigenvalue weighted by Crippen LogP contribution is -2.50. The number of pyridine rings is 1. The van der Waals surface area contributed by atoms with E-state index in [1.807, 2.05) is 18.2 Å². The lowest BCUT2D eigenvalue weighted by Gasteiger charge is -2.23. The predicted octanol–water partition coefficient (Wildman–Crippen LogP) is 3.24. The molecule has 1 saturated heterocycles. The minimum absolute atomic E-state index is 0.273. The van der Waals surface area contributed by atoms with Crippen molar-refractivity contribution in [2.24, 2.45) is 5.73 Å². The van der Waals surface area contributed by atoms with Crippen LogP contribution in [0.25, 0.3) is 5.65 Å². The summed E-state index contributed by atoms with van der Waals surface area (Å²) in [6.07, 6.45) is 5.67. The second kappa shape index (κ2) is 10.2. The van der Waals surface area contributed by atoms with Gasteiger partial charge in [-0.25, -0.2) is 4.79 Å². The molecule has 0 aliphatic carbocycles. The quantitative estimate of drug-likeness (QED) is 0.529. The number of aromatic nitrogens is 3. The third-order valence-corrected chi connectivity index (χ3v) is 5.97. The van der Waals surface area contributed by atoms with Crippen LogP contribution in [0.2, 0.25) is 0 Å². The Balaban J connectivity index is 1.55. The molecule has 2 aromatic heterocycles. The maximum absolute atomic E-state index is 12.7. The molecule has 0 bridgehead atoms. The molecule has 1 aliphatic heterocycles. The minimum Gasteiger partial charge on any atom is -0.409 e. The molecule has 1 aromatic carbocycles. The molecule has 9 heteroatoms. The Labute approximate surface area is 199 Å².